The average molecular weight is 309 g/mol. The van der Waals surface area contributed by atoms with Gasteiger partial charge in [-0.25, -0.2) is 4.79 Å². The summed E-state index contributed by atoms with van der Waals surface area (Å²) in [6.45, 7) is 3.67. The maximum absolute atomic E-state index is 12.0. The van der Waals surface area contributed by atoms with Crippen molar-refractivity contribution in [3.8, 4) is 11.3 Å². The zero-order valence-corrected chi connectivity index (χ0v) is 12.2. The summed E-state index contributed by atoms with van der Waals surface area (Å²) in [6, 6.07) is 5.26. The Morgan fingerprint density at radius 3 is 2.71 bits per heavy atom. The molecule has 0 saturated carbocycles. The first-order chi connectivity index (χ1) is 9.90. The van der Waals surface area contributed by atoms with Crippen LogP contribution in [0.1, 0.15) is 13.8 Å². The fourth-order valence-electron chi connectivity index (χ4n) is 1.80. The van der Waals surface area contributed by atoms with E-state index < -0.39 is 4.92 Å². The highest BCUT2D eigenvalue weighted by Crippen LogP contribution is 2.30. The summed E-state index contributed by atoms with van der Waals surface area (Å²) in [6.07, 6.45) is 1.47. The van der Waals surface area contributed by atoms with E-state index in [2.05, 4.69) is 10.4 Å². The predicted octanol–water partition coefficient (Wildman–Crippen LogP) is 3.08. The van der Waals surface area contributed by atoms with Crippen molar-refractivity contribution in [2.24, 2.45) is 0 Å². The summed E-state index contributed by atoms with van der Waals surface area (Å²) in [5.41, 5.74) is 0.855. The van der Waals surface area contributed by atoms with Crippen molar-refractivity contribution < 1.29 is 9.72 Å². The molecule has 1 aromatic carbocycles. The van der Waals surface area contributed by atoms with E-state index in [1.807, 2.05) is 13.8 Å². The van der Waals surface area contributed by atoms with Gasteiger partial charge in [0.1, 0.15) is 0 Å². The van der Waals surface area contributed by atoms with Crippen LogP contribution in [0.3, 0.4) is 0 Å². The SMILES string of the molecule is CC(C)NC(=O)n1nccc1-c1ccc([N+](=O)[O-])cc1Cl. The highest BCUT2D eigenvalue weighted by Gasteiger charge is 2.17. The number of nitro benzene ring substituents is 1. The molecule has 0 aliphatic rings. The van der Waals surface area contributed by atoms with Crippen LogP contribution in [-0.2, 0) is 0 Å². The third-order valence-corrected chi connectivity index (χ3v) is 3.00. The lowest BCUT2D eigenvalue weighted by Gasteiger charge is -2.11. The number of hydrogen-bond acceptors (Lipinski definition) is 4. The summed E-state index contributed by atoms with van der Waals surface area (Å²) in [5, 5.41) is 17.6. The van der Waals surface area contributed by atoms with Gasteiger partial charge in [-0.1, -0.05) is 11.6 Å². The zero-order valence-electron chi connectivity index (χ0n) is 11.4. The Morgan fingerprint density at radius 1 is 1.43 bits per heavy atom. The first kappa shape index (κ1) is 15.0. The molecule has 2 aromatic rings. The van der Waals surface area contributed by atoms with Crippen molar-refractivity contribution >= 4 is 23.3 Å². The number of rotatable bonds is 3. The minimum absolute atomic E-state index is 0.0399. The van der Waals surface area contributed by atoms with E-state index in [1.54, 1.807) is 6.07 Å². The molecule has 1 N–H and O–H groups in total. The van der Waals surface area contributed by atoms with Gasteiger partial charge in [0.25, 0.3) is 5.69 Å². The van der Waals surface area contributed by atoms with Crippen molar-refractivity contribution in [1.82, 2.24) is 15.1 Å². The molecule has 0 atom stereocenters. The van der Waals surface area contributed by atoms with Crippen LogP contribution in [0.2, 0.25) is 5.02 Å². The second-order valence-electron chi connectivity index (χ2n) is 4.65. The number of halogens is 1. The molecule has 0 saturated heterocycles. The topological polar surface area (TPSA) is 90.1 Å². The number of nitrogens with zero attached hydrogens (tertiary/aromatic N) is 3. The summed E-state index contributed by atoms with van der Waals surface area (Å²) in [7, 11) is 0. The van der Waals surface area contributed by atoms with Gasteiger partial charge in [-0.2, -0.15) is 9.78 Å². The molecule has 0 spiro atoms. The summed E-state index contributed by atoms with van der Waals surface area (Å²) >= 11 is 6.07. The molecule has 0 unspecified atom stereocenters. The number of carbonyl (C=O) groups excluding carboxylic acids is 1. The zero-order chi connectivity index (χ0) is 15.6. The molecule has 0 aliphatic carbocycles. The first-order valence-electron chi connectivity index (χ1n) is 6.19. The Bertz CT molecular complexity index is 696. The van der Waals surface area contributed by atoms with Crippen LogP contribution in [-0.4, -0.2) is 26.8 Å². The second-order valence-corrected chi connectivity index (χ2v) is 5.06. The standard InChI is InChI=1S/C13H13ClN4O3/c1-8(2)16-13(19)17-12(5-6-15-17)10-4-3-9(18(20)21)7-11(10)14/h3-8H,1-2H3,(H,16,19). The number of nitro groups is 1. The molecule has 1 amide bonds. The van der Waals surface area contributed by atoms with E-state index in [0.29, 0.717) is 11.3 Å². The van der Waals surface area contributed by atoms with Gasteiger partial charge in [-0.15, -0.1) is 0 Å². The highest BCUT2D eigenvalue weighted by atomic mass is 35.5. The highest BCUT2D eigenvalue weighted by molar-refractivity contribution is 6.33. The van der Waals surface area contributed by atoms with E-state index in [4.69, 9.17) is 11.6 Å². The Hall–Kier alpha value is -2.41. The quantitative estimate of drug-likeness (QED) is 0.697. The molecule has 21 heavy (non-hydrogen) atoms. The molecule has 0 aliphatic heterocycles. The molecule has 7 nitrogen and oxygen atoms in total. The molecule has 110 valence electrons. The van der Waals surface area contributed by atoms with Gasteiger partial charge in [0.2, 0.25) is 0 Å². The predicted molar refractivity (Wildman–Crippen MR) is 78.4 cm³/mol. The monoisotopic (exact) mass is 308 g/mol. The number of carbonyl (C=O) groups is 1. The molecule has 8 heteroatoms. The fraction of sp³-hybridized carbons (Fsp3) is 0.231. The average Bonchev–Trinajstić information content (AvgIpc) is 2.86. The van der Waals surface area contributed by atoms with Gasteiger partial charge in [0.15, 0.2) is 0 Å². The van der Waals surface area contributed by atoms with Gasteiger partial charge in [0, 0.05) is 23.7 Å². The number of amides is 1. The van der Waals surface area contributed by atoms with Crippen molar-refractivity contribution in [1.29, 1.82) is 0 Å². The Morgan fingerprint density at radius 2 is 2.14 bits per heavy atom. The van der Waals surface area contributed by atoms with Gasteiger partial charge in [0.05, 0.1) is 21.8 Å². The van der Waals surface area contributed by atoms with Gasteiger partial charge < -0.3 is 5.32 Å². The third-order valence-electron chi connectivity index (χ3n) is 2.69. The number of aromatic nitrogens is 2. The minimum Gasteiger partial charge on any atom is -0.334 e. The lowest BCUT2D eigenvalue weighted by Crippen LogP contribution is -2.34. The largest absolute Gasteiger partial charge is 0.342 e. The van der Waals surface area contributed by atoms with E-state index in [1.165, 1.54) is 29.1 Å². The Balaban J connectivity index is 2.42. The molecule has 1 heterocycles. The molecular weight excluding hydrogens is 296 g/mol. The maximum Gasteiger partial charge on any atom is 0.342 e. The van der Waals surface area contributed by atoms with Gasteiger partial charge in [-0.05, 0) is 26.0 Å². The Kier molecular flexibility index (Phi) is 4.23. The van der Waals surface area contributed by atoms with Crippen LogP contribution in [0.25, 0.3) is 11.3 Å². The van der Waals surface area contributed by atoms with Crippen LogP contribution < -0.4 is 5.32 Å². The number of hydrogen-bond donors (Lipinski definition) is 1. The second kappa shape index (κ2) is 5.92. The lowest BCUT2D eigenvalue weighted by atomic mass is 10.1. The fourth-order valence-corrected chi connectivity index (χ4v) is 2.07. The van der Waals surface area contributed by atoms with Crippen molar-refractivity contribution in [2.45, 2.75) is 19.9 Å². The Labute approximate surface area is 125 Å². The number of benzene rings is 1. The van der Waals surface area contributed by atoms with Crippen LogP contribution in [0, 0.1) is 10.1 Å². The summed E-state index contributed by atoms with van der Waals surface area (Å²) in [5.74, 6) is 0. The molecule has 1 aromatic heterocycles. The van der Waals surface area contributed by atoms with E-state index >= 15 is 0 Å². The van der Waals surface area contributed by atoms with Crippen molar-refractivity contribution in [3.05, 3.63) is 45.6 Å². The normalized spacial score (nSPS) is 10.7. The third kappa shape index (κ3) is 3.19. The lowest BCUT2D eigenvalue weighted by molar-refractivity contribution is -0.384. The molecule has 0 radical (unpaired) electrons. The molecular formula is C13H13ClN4O3. The van der Waals surface area contributed by atoms with Crippen molar-refractivity contribution in [2.75, 3.05) is 0 Å². The molecule has 0 fully saturated rings. The van der Waals surface area contributed by atoms with Crippen LogP contribution >= 0.6 is 11.6 Å². The maximum atomic E-state index is 12.0. The van der Waals surface area contributed by atoms with Crippen LogP contribution in [0.15, 0.2) is 30.5 Å². The van der Waals surface area contributed by atoms with E-state index in [0.717, 1.165) is 0 Å². The number of nitrogens with one attached hydrogen (secondary N) is 1. The van der Waals surface area contributed by atoms with Crippen LogP contribution in [0.5, 0.6) is 0 Å². The molecule has 2 rings (SSSR count). The van der Waals surface area contributed by atoms with Crippen LogP contribution in [0.4, 0.5) is 10.5 Å². The smallest absolute Gasteiger partial charge is 0.334 e. The van der Waals surface area contributed by atoms with E-state index in [-0.39, 0.29) is 22.8 Å². The molecule has 0 bridgehead atoms. The van der Waals surface area contributed by atoms with Gasteiger partial charge in [-0.3, -0.25) is 10.1 Å². The first-order valence-corrected chi connectivity index (χ1v) is 6.57. The summed E-state index contributed by atoms with van der Waals surface area (Å²) in [4.78, 5) is 22.2. The van der Waals surface area contributed by atoms with E-state index in [9.17, 15) is 14.9 Å². The minimum atomic E-state index is -0.529. The van der Waals surface area contributed by atoms with Crippen molar-refractivity contribution in [3.63, 3.8) is 0 Å². The number of non-ortho nitro benzene ring substituents is 1. The summed E-state index contributed by atoms with van der Waals surface area (Å²) < 4.78 is 1.17. The van der Waals surface area contributed by atoms with Gasteiger partial charge >= 0.3 is 6.03 Å².